The summed E-state index contributed by atoms with van der Waals surface area (Å²) in [5, 5.41) is 8.75. The number of nitrogens with one attached hydrogen (secondary N) is 2. The minimum atomic E-state index is 0.00458. The van der Waals surface area contributed by atoms with E-state index in [0.717, 1.165) is 34.3 Å². The number of thiazole rings is 1. The number of para-hydroxylation sites is 1. The van der Waals surface area contributed by atoms with Gasteiger partial charge in [0, 0.05) is 38.8 Å². The number of amides is 1. The highest BCUT2D eigenvalue weighted by molar-refractivity contribution is 7.14. The minimum Gasteiger partial charge on any atom is -0.358 e. The van der Waals surface area contributed by atoms with Gasteiger partial charge in [0.05, 0.1) is 5.69 Å². The summed E-state index contributed by atoms with van der Waals surface area (Å²) in [7, 11) is 0. The lowest BCUT2D eigenvalue weighted by atomic mass is 10.1. The number of fused-ring (bicyclic) bond motifs is 1. The fourth-order valence-corrected chi connectivity index (χ4v) is 4.35. The van der Waals surface area contributed by atoms with Crippen LogP contribution in [0.25, 0.3) is 22.2 Å². The van der Waals surface area contributed by atoms with Gasteiger partial charge in [-0.25, -0.2) is 4.98 Å². The summed E-state index contributed by atoms with van der Waals surface area (Å²) in [6.45, 7) is 2.05. The van der Waals surface area contributed by atoms with Crippen LogP contribution >= 0.6 is 22.7 Å². The highest BCUT2D eigenvalue weighted by atomic mass is 32.1. The van der Waals surface area contributed by atoms with Crippen LogP contribution in [-0.2, 0) is 11.2 Å². The van der Waals surface area contributed by atoms with Crippen molar-refractivity contribution >= 4 is 44.6 Å². The van der Waals surface area contributed by atoms with Crippen LogP contribution in [0, 0.1) is 6.92 Å². The summed E-state index contributed by atoms with van der Waals surface area (Å²) in [5.74, 6) is 0.00458. The molecule has 4 aromatic rings. The van der Waals surface area contributed by atoms with Crippen LogP contribution in [-0.4, -0.2) is 15.9 Å². The maximum atomic E-state index is 12.1. The largest absolute Gasteiger partial charge is 0.358 e. The van der Waals surface area contributed by atoms with E-state index in [1.165, 1.54) is 16.2 Å². The first-order valence-corrected chi connectivity index (χ1v) is 9.82. The first kappa shape index (κ1) is 16.1. The van der Waals surface area contributed by atoms with E-state index in [0.29, 0.717) is 11.6 Å². The minimum absolute atomic E-state index is 0.00458. The van der Waals surface area contributed by atoms with E-state index >= 15 is 0 Å². The van der Waals surface area contributed by atoms with Crippen molar-refractivity contribution in [1.82, 2.24) is 9.97 Å². The zero-order valence-electron chi connectivity index (χ0n) is 13.7. The van der Waals surface area contributed by atoms with Crippen molar-refractivity contribution in [2.45, 2.75) is 19.8 Å². The van der Waals surface area contributed by atoms with Crippen LogP contribution in [0.15, 0.2) is 47.2 Å². The van der Waals surface area contributed by atoms with Gasteiger partial charge in [-0.2, -0.15) is 0 Å². The zero-order chi connectivity index (χ0) is 17.2. The second kappa shape index (κ2) is 6.82. The standard InChI is InChI=1S/C19H17N3OS2/c1-12-18(14-6-2-3-7-15(14)20-12)16-11-25-19(21-16)22-17(23)9-8-13-5-4-10-24-13/h2-7,10-11,20H,8-9H2,1H3,(H,21,22,23). The van der Waals surface area contributed by atoms with Gasteiger partial charge >= 0.3 is 0 Å². The molecule has 0 radical (unpaired) electrons. The Labute approximate surface area is 153 Å². The SMILES string of the molecule is Cc1[nH]c2ccccc2c1-c1csc(NC(=O)CCc2cccs2)n1. The molecule has 1 amide bonds. The molecule has 3 aromatic heterocycles. The molecule has 0 aliphatic carbocycles. The normalized spacial score (nSPS) is 11.1. The Morgan fingerprint density at radius 1 is 1.20 bits per heavy atom. The van der Waals surface area contributed by atoms with Gasteiger partial charge in [0.15, 0.2) is 5.13 Å². The van der Waals surface area contributed by atoms with Gasteiger partial charge in [-0.05, 0) is 30.9 Å². The molecule has 2 N–H and O–H groups in total. The van der Waals surface area contributed by atoms with E-state index < -0.39 is 0 Å². The lowest BCUT2D eigenvalue weighted by molar-refractivity contribution is -0.116. The molecule has 0 bridgehead atoms. The second-order valence-electron chi connectivity index (χ2n) is 5.84. The summed E-state index contributed by atoms with van der Waals surface area (Å²) < 4.78 is 0. The van der Waals surface area contributed by atoms with Crippen molar-refractivity contribution in [2.24, 2.45) is 0 Å². The summed E-state index contributed by atoms with van der Waals surface area (Å²) >= 11 is 3.14. The smallest absolute Gasteiger partial charge is 0.226 e. The maximum Gasteiger partial charge on any atom is 0.226 e. The quantitative estimate of drug-likeness (QED) is 0.507. The molecule has 0 spiro atoms. The number of aromatic amines is 1. The van der Waals surface area contributed by atoms with Crippen molar-refractivity contribution in [1.29, 1.82) is 0 Å². The van der Waals surface area contributed by atoms with Crippen molar-refractivity contribution in [3.05, 3.63) is 57.7 Å². The van der Waals surface area contributed by atoms with Crippen molar-refractivity contribution < 1.29 is 4.79 Å². The first-order valence-electron chi connectivity index (χ1n) is 8.06. The van der Waals surface area contributed by atoms with E-state index in [4.69, 9.17) is 0 Å². The van der Waals surface area contributed by atoms with E-state index in [1.54, 1.807) is 11.3 Å². The van der Waals surface area contributed by atoms with E-state index in [-0.39, 0.29) is 5.91 Å². The molecule has 0 atom stereocenters. The lowest BCUT2D eigenvalue weighted by Gasteiger charge is -2.00. The van der Waals surface area contributed by atoms with Crippen LogP contribution in [0.5, 0.6) is 0 Å². The number of hydrogen-bond donors (Lipinski definition) is 2. The number of carbonyl (C=O) groups excluding carboxylic acids is 1. The molecule has 4 rings (SSSR count). The summed E-state index contributed by atoms with van der Waals surface area (Å²) in [4.78, 5) is 21.4. The molecular weight excluding hydrogens is 350 g/mol. The summed E-state index contributed by atoms with van der Waals surface area (Å²) in [5.41, 5.74) is 4.19. The molecule has 0 fully saturated rings. The van der Waals surface area contributed by atoms with Gasteiger partial charge in [0.25, 0.3) is 0 Å². The summed E-state index contributed by atoms with van der Waals surface area (Å²) in [6, 6.07) is 12.3. The number of thiophene rings is 1. The number of rotatable bonds is 5. The molecule has 0 aliphatic heterocycles. The Bertz CT molecular complexity index is 1010. The number of aryl methyl sites for hydroxylation is 2. The molecule has 0 unspecified atom stereocenters. The number of anilines is 1. The van der Waals surface area contributed by atoms with Gasteiger partial charge in [-0.3, -0.25) is 4.79 Å². The van der Waals surface area contributed by atoms with Crippen LogP contribution in [0.2, 0.25) is 0 Å². The van der Waals surface area contributed by atoms with Gasteiger partial charge in [0.1, 0.15) is 0 Å². The number of benzene rings is 1. The van der Waals surface area contributed by atoms with E-state index in [9.17, 15) is 4.79 Å². The molecule has 3 heterocycles. The Balaban J connectivity index is 1.50. The van der Waals surface area contributed by atoms with Gasteiger partial charge in [0.2, 0.25) is 5.91 Å². The third-order valence-corrected chi connectivity index (χ3v) is 5.77. The Morgan fingerprint density at radius 2 is 2.08 bits per heavy atom. The topological polar surface area (TPSA) is 57.8 Å². The fourth-order valence-electron chi connectivity index (χ4n) is 2.93. The van der Waals surface area contributed by atoms with Gasteiger partial charge < -0.3 is 10.3 Å². The molecule has 1 aromatic carbocycles. The predicted octanol–water partition coefficient (Wildman–Crippen LogP) is 5.23. The van der Waals surface area contributed by atoms with Gasteiger partial charge in [-0.1, -0.05) is 24.3 Å². The average molecular weight is 367 g/mol. The molecule has 4 nitrogen and oxygen atoms in total. The van der Waals surface area contributed by atoms with Crippen LogP contribution in [0.1, 0.15) is 17.0 Å². The van der Waals surface area contributed by atoms with Crippen molar-refractivity contribution in [3.63, 3.8) is 0 Å². The van der Waals surface area contributed by atoms with E-state index in [2.05, 4.69) is 33.5 Å². The van der Waals surface area contributed by atoms with Gasteiger partial charge in [-0.15, -0.1) is 22.7 Å². The Hall–Kier alpha value is -2.44. The molecule has 0 saturated carbocycles. The van der Waals surface area contributed by atoms with Crippen molar-refractivity contribution in [3.8, 4) is 11.3 Å². The maximum absolute atomic E-state index is 12.1. The van der Waals surface area contributed by atoms with E-state index in [1.807, 2.05) is 35.9 Å². The highest BCUT2D eigenvalue weighted by Gasteiger charge is 2.14. The molecule has 0 aliphatic rings. The summed E-state index contributed by atoms with van der Waals surface area (Å²) in [6.07, 6.45) is 1.24. The highest BCUT2D eigenvalue weighted by Crippen LogP contribution is 2.33. The number of H-pyrrole nitrogens is 1. The second-order valence-corrected chi connectivity index (χ2v) is 7.73. The lowest BCUT2D eigenvalue weighted by Crippen LogP contribution is -2.11. The number of carbonyl (C=O) groups is 1. The average Bonchev–Trinajstić information content (AvgIpc) is 3.32. The Kier molecular flexibility index (Phi) is 4.38. The molecule has 0 saturated heterocycles. The Morgan fingerprint density at radius 3 is 2.92 bits per heavy atom. The third kappa shape index (κ3) is 3.36. The number of aromatic nitrogens is 2. The molecule has 25 heavy (non-hydrogen) atoms. The predicted molar refractivity (Wildman–Crippen MR) is 105 cm³/mol. The number of nitrogens with zero attached hydrogens (tertiary/aromatic N) is 1. The van der Waals surface area contributed by atoms with Crippen LogP contribution in [0.3, 0.4) is 0 Å². The monoisotopic (exact) mass is 367 g/mol. The number of hydrogen-bond acceptors (Lipinski definition) is 4. The van der Waals surface area contributed by atoms with Crippen molar-refractivity contribution in [2.75, 3.05) is 5.32 Å². The molecule has 6 heteroatoms. The third-order valence-electron chi connectivity index (χ3n) is 4.08. The fraction of sp³-hybridized carbons (Fsp3) is 0.158. The zero-order valence-corrected chi connectivity index (χ0v) is 15.3. The first-order chi connectivity index (χ1) is 12.2. The van der Waals surface area contributed by atoms with Crippen LogP contribution in [0.4, 0.5) is 5.13 Å². The molecular formula is C19H17N3OS2. The molecule has 126 valence electrons. The van der Waals surface area contributed by atoms with Crippen LogP contribution < -0.4 is 5.32 Å².